The number of hydrogen-bond acceptors (Lipinski definition) is 5. The number of rotatable bonds is 10. The van der Waals surface area contributed by atoms with Crippen LogP contribution in [0.25, 0.3) is 0 Å². The second-order valence-corrected chi connectivity index (χ2v) is 7.45. The lowest BCUT2D eigenvalue weighted by Gasteiger charge is -2.12. The van der Waals surface area contributed by atoms with Gasteiger partial charge in [0.05, 0.1) is 13.2 Å². The fourth-order valence-corrected chi connectivity index (χ4v) is 3.41. The highest BCUT2D eigenvalue weighted by Crippen LogP contribution is 2.26. The van der Waals surface area contributed by atoms with Crippen molar-refractivity contribution in [3.05, 3.63) is 97.1 Å². The zero-order valence-electron chi connectivity index (χ0n) is 19.0. The summed E-state index contributed by atoms with van der Waals surface area (Å²) in [5, 5.41) is 10.3. The highest BCUT2D eigenvalue weighted by molar-refractivity contribution is 5.68. The van der Waals surface area contributed by atoms with Crippen molar-refractivity contribution >= 4 is 34.1 Å². The molecule has 0 aromatic heterocycles. The van der Waals surface area contributed by atoms with Crippen molar-refractivity contribution in [1.82, 2.24) is 0 Å². The van der Waals surface area contributed by atoms with E-state index >= 15 is 0 Å². The summed E-state index contributed by atoms with van der Waals surface area (Å²) in [5.41, 5.74) is 6.11. The Morgan fingerprint density at radius 2 is 0.848 bits per heavy atom. The van der Waals surface area contributed by atoms with E-state index in [1.165, 1.54) is 0 Å². The van der Waals surface area contributed by atoms with E-state index in [1.807, 2.05) is 62.4 Å². The minimum atomic E-state index is 0.655. The van der Waals surface area contributed by atoms with E-state index in [4.69, 9.17) is 9.47 Å². The first-order valence-electron chi connectivity index (χ1n) is 11.2. The van der Waals surface area contributed by atoms with Crippen LogP contribution in [0.15, 0.2) is 97.1 Å². The van der Waals surface area contributed by atoms with Crippen LogP contribution in [0.3, 0.4) is 0 Å². The van der Waals surface area contributed by atoms with Gasteiger partial charge >= 0.3 is 0 Å². The van der Waals surface area contributed by atoms with Gasteiger partial charge in [0.1, 0.15) is 11.5 Å². The van der Waals surface area contributed by atoms with E-state index in [2.05, 4.69) is 64.5 Å². The lowest BCUT2D eigenvalue weighted by atomic mass is 10.2. The average Bonchev–Trinajstić information content (AvgIpc) is 2.84. The molecule has 0 radical (unpaired) electrons. The van der Waals surface area contributed by atoms with Crippen LogP contribution in [0.4, 0.5) is 34.1 Å². The molecule has 0 saturated heterocycles. The van der Waals surface area contributed by atoms with E-state index in [1.54, 1.807) is 0 Å². The van der Waals surface area contributed by atoms with Gasteiger partial charge in [-0.3, -0.25) is 0 Å². The molecule has 0 aliphatic heterocycles. The third-order valence-electron chi connectivity index (χ3n) is 4.95. The van der Waals surface area contributed by atoms with Crippen molar-refractivity contribution < 1.29 is 9.47 Å². The highest BCUT2D eigenvalue weighted by Gasteiger charge is 2.01. The smallest absolute Gasteiger partial charge is 0.121 e. The summed E-state index contributed by atoms with van der Waals surface area (Å²) < 4.78 is 11.1. The van der Waals surface area contributed by atoms with Crippen LogP contribution in [-0.2, 0) is 0 Å². The molecule has 0 fully saturated rings. The maximum absolute atomic E-state index is 5.57. The first kappa shape index (κ1) is 22.1. The average molecular weight is 440 g/mol. The Kier molecular flexibility index (Phi) is 7.33. The molecule has 0 atom stereocenters. The Labute approximate surface area is 195 Å². The molecule has 0 saturated carbocycles. The molecular formula is C28H29N3O2. The molecule has 0 spiro atoms. The second-order valence-electron chi connectivity index (χ2n) is 7.45. The molecule has 4 aromatic carbocycles. The largest absolute Gasteiger partial charge is 0.494 e. The number of benzene rings is 4. The SMILES string of the molecule is CCOc1ccc(Nc2ccc(Nc3ccc(Nc4cccc(OCC)c4)cc3)cc2)cc1. The monoisotopic (exact) mass is 439 g/mol. The first-order chi connectivity index (χ1) is 16.2. The van der Waals surface area contributed by atoms with E-state index in [0.29, 0.717) is 13.2 Å². The summed E-state index contributed by atoms with van der Waals surface area (Å²) >= 11 is 0. The summed E-state index contributed by atoms with van der Waals surface area (Å²) in [5.74, 6) is 1.74. The zero-order valence-corrected chi connectivity index (χ0v) is 19.0. The molecule has 0 amide bonds. The molecule has 0 heterocycles. The van der Waals surface area contributed by atoms with Crippen molar-refractivity contribution in [2.24, 2.45) is 0 Å². The molecule has 168 valence electrons. The van der Waals surface area contributed by atoms with E-state index in [-0.39, 0.29) is 0 Å². The topological polar surface area (TPSA) is 54.5 Å². The van der Waals surface area contributed by atoms with Crippen LogP contribution >= 0.6 is 0 Å². The number of anilines is 6. The fraction of sp³-hybridized carbons (Fsp3) is 0.143. The molecule has 0 aliphatic carbocycles. The van der Waals surface area contributed by atoms with Crippen molar-refractivity contribution in [1.29, 1.82) is 0 Å². The maximum atomic E-state index is 5.57. The van der Waals surface area contributed by atoms with Crippen molar-refractivity contribution in [2.75, 3.05) is 29.2 Å². The molecule has 0 aliphatic rings. The molecule has 3 N–H and O–H groups in total. The van der Waals surface area contributed by atoms with Gasteiger partial charge < -0.3 is 25.4 Å². The standard InChI is InChI=1S/C28H29N3O2/c1-3-32-27-18-16-25(17-19-27)30-23-10-8-21(9-11-23)29-22-12-14-24(15-13-22)31-26-6-5-7-28(20-26)33-4-2/h5-20,29-31H,3-4H2,1-2H3. The van der Waals surface area contributed by atoms with Crippen LogP contribution in [0, 0.1) is 0 Å². The Bertz CT molecular complexity index is 1140. The third kappa shape index (κ3) is 6.43. The van der Waals surface area contributed by atoms with Gasteiger partial charge in [0, 0.05) is 40.2 Å². The summed E-state index contributed by atoms with van der Waals surface area (Å²) in [6.07, 6.45) is 0. The summed E-state index contributed by atoms with van der Waals surface area (Å²) in [7, 11) is 0. The van der Waals surface area contributed by atoms with Crippen molar-refractivity contribution in [2.45, 2.75) is 13.8 Å². The van der Waals surface area contributed by atoms with Crippen LogP contribution < -0.4 is 25.4 Å². The molecule has 5 nitrogen and oxygen atoms in total. The molecule has 33 heavy (non-hydrogen) atoms. The minimum Gasteiger partial charge on any atom is -0.494 e. The summed E-state index contributed by atoms with van der Waals surface area (Å²) in [4.78, 5) is 0. The van der Waals surface area contributed by atoms with Gasteiger partial charge in [0.2, 0.25) is 0 Å². The lowest BCUT2D eigenvalue weighted by molar-refractivity contribution is 0.340. The molecular weight excluding hydrogens is 410 g/mol. The second kappa shape index (κ2) is 11.0. The van der Waals surface area contributed by atoms with Gasteiger partial charge in [0.25, 0.3) is 0 Å². The Morgan fingerprint density at radius 3 is 1.30 bits per heavy atom. The zero-order chi connectivity index (χ0) is 22.9. The Morgan fingerprint density at radius 1 is 0.455 bits per heavy atom. The number of ether oxygens (including phenoxy) is 2. The van der Waals surface area contributed by atoms with Gasteiger partial charge in [-0.2, -0.15) is 0 Å². The summed E-state index contributed by atoms with van der Waals surface area (Å²) in [6.45, 7) is 5.29. The Balaban J connectivity index is 1.33. The van der Waals surface area contributed by atoms with Gasteiger partial charge in [-0.1, -0.05) is 6.07 Å². The van der Waals surface area contributed by atoms with Gasteiger partial charge in [-0.15, -0.1) is 0 Å². The fourth-order valence-electron chi connectivity index (χ4n) is 3.41. The molecule has 4 aromatic rings. The molecule has 4 rings (SSSR count). The van der Waals surface area contributed by atoms with Crippen LogP contribution in [0.2, 0.25) is 0 Å². The quantitative estimate of drug-likeness (QED) is 0.236. The molecule has 0 bridgehead atoms. The van der Waals surface area contributed by atoms with Crippen molar-refractivity contribution in [3.63, 3.8) is 0 Å². The van der Waals surface area contributed by atoms with Gasteiger partial charge in [-0.05, 0) is 98.8 Å². The predicted molar refractivity (Wildman–Crippen MR) is 138 cm³/mol. The van der Waals surface area contributed by atoms with E-state index in [9.17, 15) is 0 Å². The number of hydrogen-bond donors (Lipinski definition) is 3. The maximum Gasteiger partial charge on any atom is 0.121 e. The van der Waals surface area contributed by atoms with E-state index < -0.39 is 0 Å². The van der Waals surface area contributed by atoms with E-state index in [0.717, 1.165) is 45.6 Å². The van der Waals surface area contributed by atoms with Crippen molar-refractivity contribution in [3.8, 4) is 11.5 Å². The predicted octanol–water partition coefficient (Wildman–Crippen LogP) is 7.71. The normalized spacial score (nSPS) is 10.4. The lowest BCUT2D eigenvalue weighted by Crippen LogP contribution is -1.95. The van der Waals surface area contributed by atoms with Crippen LogP contribution in [-0.4, -0.2) is 13.2 Å². The highest BCUT2D eigenvalue weighted by atomic mass is 16.5. The minimum absolute atomic E-state index is 0.655. The first-order valence-corrected chi connectivity index (χ1v) is 11.2. The third-order valence-corrected chi connectivity index (χ3v) is 4.95. The number of nitrogens with one attached hydrogen (secondary N) is 3. The van der Waals surface area contributed by atoms with Crippen LogP contribution in [0.5, 0.6) is 11.5 Å². The molecule has 5 heteroatoms. The summed E-state index contributed by atoms with van der Waals surface area (Å²) in [6, 6.07) is 32.4. The molecule has 0 unspecified atom stereocenters. The van der Waals surface area contributed by atoms with Crippen LogP contribution in [0.1, 0.15) is 13.8 Å². The van der Waals surface area contributed by atoms with Gasteiger partial charge in [-0.25, -0.2) is 0 Å². The Hall–Kier alpha value is -4.12. The van der Waals surface area contributed by atoms with Gasteiger partial charge in [0.15, 0.2) is 0 Å².